The van der Waals surface area contributed by atoms with Crippen LogP contribution < -0.4 is 5.32 Å². The van der Waals surface area contributed by atoms with Crippen LogP contribution >= 0.6 is 0 Å². The van der Waals surface area contributed by atoms with Crippen molar-refractivity contribution < 1.29 is 28.2 Å². The minimum Gasteiger partial charge on any atom is -0.478 e. The SMILES string of the molecule is COCC1=C(C(=O)O)C(c2ccc(F)c(F)c2)NC(=O)N1C. The van der Waals surface area contributed by atoms with Crippen molar-refractivity contribution in [3.8, 4) is 0 Å². The molecule has 1 aromatic carbocycles. The highest BCUT2D eigenvalue weighted by atomic mass is 19.2. The highest BCUT2D eigenvalue weighted by Crippen LogP contribution is 2.30. The van der Waals surface area contributed by atoms with E-state index in [4.69, 9.17) is 4.74 Å². The van der Waals surface area contributed by atoms with Gasteiger partial charge in [0.15, 0.2) is 11.6 Å². The minimum atomic E-state index is -1.28. The molecule has 22 heavy (non-hydrogen) atoms. The number of carbonyl (C=O) groups is 2. The highest BCUT2D eigenvalue weighted by Gasteiger charge is 2.36. The number of amides is 2. The van der Waals surface area contributed by atoms with Crippen LogP contribution in [0, 0.1) is 11.6 Å². The van der Waals surface area contributed by atoms with E-state index in [0.29, 0.717) is 0 Å². The number of carbonyl (C=O) groups excluding carboxylic acids is 1. The number of nitrogens with one attached hydrogen (secondary N) is 1. The van der Waals surface area contributed by atoms with E-state index in [1.54, 1.807) is 0 Å². The number of halogens is 2. The lowest BCUT2D eigenvalue weighted by atomic mass is 9.94. The number of benzene rings is 1. The normalized spacial score (nSPS) is 18.5. The molecule has 0 bridgehead atoms. The smallest absolute Gasteiger partial charge is 0.335 e. The van der Waals surface area contributed by atoms with Crippen molar-refractivity contribution in [1.82, 2.24) is 10.2 Å². The summed E-state index contributed by atoms with van der Waals surface area (Å²) in [5, 5.41) is 11.9. The van der Waals surface area contributed by atoms with Crippen molar-refractivity contribution in [1.29, 1.82) is 0 Å². The van der Waals surface area contributed by atoms with Crippen LogP contribution in [-0.2, 0) is 9.53 Å². The lowest BCUT2D eigenvalue weighted by Gasteiger charge is -2.33. The largest absolute Gasteiger partial charge is 0.478 e. The molecule has 1 aliphatic rings. The molecule has 8 heteroatoms. The summed E-state index contributed by atoms with van der Waals surface area (Å²) in [7, 11) is 2.76. The van der Waals surface area contributed by atoms with Crippen molar-refractivity contribution in [2.24, 2.45) is 0 Å². The van der Waals surface area contributed by atoms with Gasteiger partial charge in [0.05, 0.1) is 23.9 Å². The minimum absolute atomic E-state index is 0.105. The first-order valence-corrected chi connectivity index (χ1v) is 6.31. The lowest BCUT2D eigenvalue weighted by Crippen LogP contribution is -2.47. The molecule has 0 saturated carbocycles. The fourth-order valence-electron chi connectivity index (χ4n) is 2.26. The zero-order valence-corrected chi connectivity index (χ0v) is 11.9. The Kier molecular flexibility index (Phi) is 4.41. The molecular formula is C14H14F2N2O4. The zero-order valence-electron chi connectivity index (χ0n) is 11.9. The third kappa shape index (κ3) is 2.77. The van der Waals surface area contributed by atoms with Crippen LogP contribution in [0.15, 0.2) is 29.5 Å². The van der Waals surface area contributed by atoms with Crippen molar-refractivity contribution in [2.75, 3.05) is 20.8 Å². The summed E-state index contributed by atoms with van der Waals surface area (Å²) in [5.41, 5.74) is 0.120. The molecule has 2 amide bonds. The van der Waals surface area contributed by atoms with Crippen LogP contribution in [0.2, 0.25) is 0 Å². The summed E-state index contributed by atoms with van der Waals surface area (Å²) < 4.78 is 31.4. The van der Waals surface area contributed by atoms with Crippen molar-refractivity contribution in [2.45, 2.75) is 6.04 Å². The summed E-state index contributed by atoms with van der Waals surface area (Å²) in [4.78, 5) is 24.6. The molecule has 0 fully saturated rings. The molecule has 0 saturated heterocycles. The molecule has 2 N–H and O–H groups in total. The van der Waals surface area contributed by atoms with E-state index in [-0.39, 0.29) is 23.4 Å². The third-order valence-corrected chi connectivity index (χ3v) is 3.37. The van der Waals surface area contributed by atoms with Crippen LogP contribution in [0.4, 0.5) is 13.6 Å². The van der Waals surface area contributed by atoms with E-state index in [9.17, 15) is 23.5 Å². The number of hydrogen-bond donors (Lipinski definition) is 2. The molecule has 1 heterocycles. The number of methoxy groups -OCH3 is 1. The average Bonchev–Trinajstić information content (AvgIpc) is 2.46. The summed E-state index contributed by atoms with van der Waals surface area (Å²) >= 11 is 0. The molecule has 1 aliphatic heterocycles. The van der Waals surface area contributed by atoms with Gasteiger partial charge in [-0.25, -0.2) is 18.4 Å². The van der Waals surface area contributed by atoms with Crippen molar-refractivity contribution >= 4 is 12.0 Å². The van der Waals surface area contributed by atoms with Gasteiger partial charge in [-0.1, -0.05) is 6.07 Å². The Labute approximate surface area is 125 Å². The van der Waals surface area contributed by atoms with E-state index in [2.05, 4.69) is 5.32 Å². The summed E-state index contributed by atoms with van der Waals surface area (Å²) in [5.74, 6) is -3.46. The molecule has 1 unspecified atom stereocenters. The summed E-state index contributed by atoms with van der Waals surface area (Å²) in [6, 6.07) is 1.30. The molecule has 0 radical (unpaired) electrons. The maximum atomic E-state index is 13.4. The maximum Gasteiger partial charge on any atom is 0.335 e. The van der Waals surface area contributed by atoms with E-state index < -0.39 is 29.7 Å². The molecular weight excluding hydrogens is 298 g/mol. The van der Waals surface area contributed by atoms with Crippen LogP contribution in [0.1, 0.15) is 11.6 Å². The Hall–Kier alpha value is -2.48. The first-order valence-electron chi connectivity index (χ1n) is 6.31. The first-order chi connectivity index (χ1) is 10.4. The van der Waals surface area contributed by atoms with Gasteiger partial charge in [0, 0.05) is 14.2 Å². The second-order valence-corrected chi connectivity index (χ2v) is 4.71. The number of aliphatic carboxylic acids is 1. The molecule has 118 valence electrons. The van der Waals surface area contributed by atoms with Crippen LogP contribution in [0.3, 0.4) is 0 Å². The quantitative estimate of drug-likeness (QED) is 0.886. The number of likely N-dealkylation sites (N-methyl/N-ethyl adjacent to an activating group) is 1. The molecule has 0 aromatic heterocycles. The van der Waals surface area contributed by atoms with E-state index in [1.165, 1.54) is 20.2 Å². The Morgan fingerprint density at radius 1 is 1.41 bits per heavy atom. The summed E-state index contributed by atoms with van der Waals surface area (Å²) in [6.45, 7) is -0.105. The Morgan fingerprint density at radius 2 is 2.09 bits per heavy atom. The fourth-order valence-corrected chi connectivity index (χ4v) is 2.26. The standard InChI is InChI=1S/C14H14F2N2O4/c1-18-10(6-22-2)11(13(19)20)12(17-14(18)21)7-3-4-8(15)9(16)5-7/h3-5,12H,6H2,1-2H3,(H,17,21)(H,19,20). The lowest BCUT2D eigenvalue weighted by molar-refractivity contribution is -0.133. The predicted octanol–water partition coefficient (Wildman–Crippen LogP) is 1.65. The number of hydrogen-bond acceptors (Lipinski definition) is 3. The van der Waals surface area contributed by atoms with Crippen molar-refractivity contribution in [3.63, 3.8) is 0 Å². The topological polar surface area (TPSA) is 78.9 Å². The van der Waals surface area contributed by atoms with Crippen LogP contribution in [0.25, 0.3) is 0 Å². The van der Waals surface area contributed by atoms with E-state index in [0.717, 1.165) is 17.0 Å². The van der Waals surface area contributed by atoms with E-state index in [1.807, 2.05) is 0 Å². The Morgan fingerprint density at radius 3 is 2.64 bits per heavy atom. The molecule has 1 aromatic rings. The Bertz CT molecular complexity index is 660. The molecule has 0 aliphatic carbocycles. The second kappa shape index (κ2) is 6.10. The van der Waals surface area contributed by atoms with Gasteiger partial charge < -0.3 is 15.2 Å². The molecule has 1 atom stereocenters. The van der Waals surface area contributed by atoms with Crippen molar-refractivity contribution in [3.05, 3.63) is 46.7 Å². The monoisotopic (exact) mass is 312 g/mol. The first kappa shape index (κ1) is 15.9. The number of carboxylic acids is 1. The fraction of sp³-hybridized carbons (Fsp3) is 0.286. The van der Waals surface area contributed by atoms with Gasteiger partial charge in [0.2, 0.25) is 0 Å². The van der Waals surface area contributed by atoms with E-state index >= 15 is 0 Å². The predicted molar refractivity (Wildman–Crippen MR) is 71.9 cm³/mol. The maximum absolute atomic E-state index is 13.4. The Balaban J connectivity index is 2.58. The van der Waals surface area contributed by atoms with Crippen LogP contribution in [0.5, 0.6) is 0 Å². The number of nitrogens with zero attached hydrogens (tertiary/aromatic N) is 1. The van der Waals surface area contributed by atoms with Gasteiger partial charge in [0.1, 0.15) is 0 Å². The van der Waals surface area contributed by atoms with Crippen LogP contribution in [-0.4, -0.2) is 42.8 Å². The highest BCUT2D eigenvalue weighted by molar-refractivity contribution is 5.93. The van der Waals surface area contributed by atoms with Gasteiger partial charge in [-0.15, -0.1) is 0 Å². The second-order valence-electron chi connectivity index (χ2n) is 4.71. The van der Waals surface area contributed by atoms with Gasteiger partial charge >= 0.3 is 12.0 Å². The number of urea groups is 1. The number of ether oxygens (including phenoxy) is 1. The molecule has 6 nitrogen and oxygen atoms in total. The average molecular weight is 312 g/mol. The van der Waals surface area contributed by atoms with Gasteiger partial charge in [-0.05, 0) is 17.7 Å². The zero-order chi connectivity index (χ0) is 16.4. The number of rotatable bonds is 4. The third-order valence-electron chi connectivity index (χ3n) is 3.37. The molecule has 0 spiro atoms. The summed E-state index contributed by atoms with van der Waals surface area (Å²) in [6.07, 6.45) is 0. The number of carboxylic acid groups (broad SMARTS) is 1. The van der Waals surface area contributed by atoms with Gasteiger partial charge in [-0.2, -0.15) is 0 Å². The van der Waals surface area contributed by atoms with Gasteiger partial charge in [0.25, 0.3) is 0 Å². The van der Waals surface area contributed by atoms with Gasteiger partial charge in [-0.3, -0.25) is 4.90 Å². The molecule has 2 rings (SSSR count).